The molecule has 0 aliphatic heterocycles. The molecule has 0 aliphatic carbocycles. The molecule has 1 aromatic carbocycles. The van der Waals surface area contributed by atoms with Crippen LogP contribution in [0.2, 0.25) is 0 Å². The van der Waals surface area contributed by atoms with Crippen molar-refractivity contribution in [2.75, 3.05) is 6.26 Å². The van der Waals surface area contributed by atoms with Crippen LogP contribution in [0.25, 0.3) is 0 Å². The van der Waals surface area contributed by atoms with Gasteiger partial charge in [0.05, 0.1) is 6.42 Å². The topological polar surface area (TPSA) is 37.3 Å². The number of aliphatic carboxylic acids is 1. The summed E-state index contributed by atoms with van der Waals surface area (Å²) in [6.45, 7) is 1.71. The summed E-state index contributed by atoms with van der Waals surface area (Å²) in [4.78, 5) is 11.3. The number of carboxylic acids is 1. The van der Waals surface area contributed by atoms with Crippen molar-refractivity contribution in [1.29, 1.82) is 0 Å². The van der Waals surface area contributed by atoms with Crippen LogP contribution in [0, 0.1) is 5.82 Å². The molecule has 1 aromatic rings. The van der Waals surface area contributed by atoms with Crippen LogP contribution in [0.4, 0.5) is 4.39 Å². The first kappa shape index (κ1) is 12.0. The van der Waals surface area contributed by atoms with Gasteiger partial charge in [0.25, 0.3) is 0 Å². The van der Waals surface area contributed by atoms with E-state index >= 15 is 0 Å². The van der Waals surface area contributed by atoms with E-state index in [2.05, 4.69) is 0 Å². The Morgan fingerprint density at radius 3 is 2.73 bits per heavy atom. The summed E-state index contributed by atoms with van der Waals surface area (Å²) in [5.74, 6) is -1.52. The standard InChI is InChI=1S/C11H13FO2S/c1-7(5-11(13)14)9-4-3-8(15-2)6-10(9)12/h3-4,6-7H,5H2,1-2H3,(H,13,14). The van der Waals surface area contributed by atoms with Crippen LogP contribution in [0.5, 0.6) is 0 Å². The highest BCUT2D eigenvalue weighted by Crippen LogP contribution is 2.25. The minimum absolute atomic E-state index is 0.0461. The van der Waals surface area contributed by atoms with Gasteiger partial charge in [0, 0.05) is 4.90 Å². The second kappa shape index (κ2) is 5.16. The zero-order chi connectivity index (χ0) is 11.4. The quantitative estimate of drug-likeness (QED) is 0.804. The van der Waals surface area contributed by atoms with Gasteiger partial charge in [0.15, 0.2) is 0 Å². The van der Waals surface area contributed by atoms with Crippen LogP contribution in [0.1, 0.15) is 24.8 Å². The lowest BCUT2D eigenvalue weighted by Crippen LogP contribution is -2.04. The van der Waals surface area contributed by atoms with Gasteiger partial charge in [0.2, 0.25) is 0 Å². The maximum absolute atomic E-state index is 13.5. The van der Waals surface area contributed by atoms with Crippen molar-refractivity contribution in [2.45, 2.75) is 24.2 Å². The smallest absolute Gasteiger partial charge is 0.303 e. The van der Waals surface area contributed by atoms with Gasteiger partial charge in [-0.15, -0.1) is 11.8 Å². The molecule has 1 atom stereocenters. The normalized spacial score (nSPS) is 12.5. The minimum Gasteiger partial charge on any atom is -0.481 e. The Morgan fingerprint density at radius 2 is 2.27 bits per heavy atom. The monoisotopic (exact) mass is 228 g/mol. The van der Waals surface area contributed by atoms with E-state index in [1.807, 2.05) is 6.26 Å². The molecule has 0 amide bonds. The second-order valence-corrected chi connectivity index (χ2v) is 4.27. The maximum Gasteiger partial charge on any atom is 0.303 e. The van der Waals surface area contributed by atoms with E-state index in [-0.39, 0.29) is 18.2 Å². The van der Waals surface area contributed by atoms with E-state index in [0.29, 0.717) is 5.56 Å². The Morgan fingerprint density at radius 1 is 1.60 bits per heavy atom. The minimum atomic E-state index is -0.907. The molecule has 0 fully saturated rings. The number of rotatable bonds is 4. The molecule has 82 valence electrons. The fraction of sp³-hybridized carbons (Fsp3) is 0.364. The largest absolute Gasteiger partial charge is 0.481 e. The summed E-state index contributed by atoms with van der Waals surface area (Å²) >= 11 is 1.46. The fourth-order valence-electron chi connectivity index (χ4n) is 1.41. The number of carboxylic acid groups (broad SMARTS) is 1. The third-order valence-electron chi connectivity index (χ3n) is 2.22. The van der Waals surface area contributed by atoms with Crippen LogP contribution in [0.3, 0.4) is 0 Å². The highest BCUT2D eigenvalue weighted by Gasteiger charge is 2.14. The Bertz CT molecular complexity index is 366. The van der Waals surface area contributed by atoms with Gasteiger partial charge in [-0.3, -0.25) is 4.79 Å². The number of hydrogen-bond acceptors (Lipinski definition) is 2. The molecule has 2 nitrogen and oxygen atoms in total. The number of carbonyl (C=O) groups is 1. The lowest BCUT2D eigenvalue weighted by Gasteiger charge is -2.10. The van der Waals surface area contributed by atoms with Gasteiger partial charge in [-0.05, 0) is 29.9 Å². The molecule has 0 saturated heterocycles. The lowest BCUT2D eigenvalue weighted by atomic mass is 9.97. The zero-order valence-electron chi connectivity index (χ0n) is 8.66. The van der Waals surface area contributed by atoms with E-state index in [1.54, 1.807) is 19.1 Å². The fourth-order valence-corrected chi connectivity index (χ4v) is 1.83. The van der Waals surface area contributed by atoms with Crippen LogP contribution in [0.15, 0.2) is 23.1 Å². The van der Waals surface area contributed by atoms with Crippen molar-refractivity contribution < 1.29 is 14.3 Å². The van der Waals surface area contributed by atoms with E-state index in [9.17, 15) is 9.18 Å². The molecule has 0 radical (unpaired) electrons. The van der Waals surface area contributed by atoms with Crippen molar-refractivity contribution in [1.82, 2.24) is 0 Å². The molecule has 4 heteroatoms. The lowest BCUT2D eigenvalue weighted by molar-refractivity contribution is -0.137. The van der Waals surface area contributed by atoms with Crippen molar-refractivity contribution in [3.8, 4) is 0 Å². The third kappa shape index (κ3) is 3.23. The van der Waals surface area contributed by atoms with E-state index in [0.717, 1.165) is 4.90 Å². The van der Waals surface area contributed by atoms with Crippen LogP contribution >= 0.6 is 11.8 Å². The molecule has 1 unspecified atom stereocenters. The average Bonchev–Trinajstić information content (AvgIpc) is 2.16. The van der Waals surface area contributed by atoms with Crippen molar-refractivity contribution in [3.05, 3.63) is 29.6 Å². The third-order valence-corrected chi connectivity index (χ3v) is 2.94. The Kier molecular flexibility index (Phi) is 4.15. The van der Waals surface area contributed by atoms with Gasteiger partial charge in [-0.25, -0.2) is 4.39 Å². The Labute approximate surface area is 92.5 Å². The van der Waals surface area contributed by atoms with Gasteiger partial charge in [0.1, 0.15) is 5.82 Å². The van der Waals surface area contributed by atoms with E-state index in [4.69, 9.17) is 5.11 Å². The number of thioether (sulfide) groups is 1. The van der Waals surface area contributed by atoms with Crippen LogP contribution in [-0.4, -0.2) is 17.3 Å². The van der Waals surface area contributed by atoms with Gasteiger partial charge in [-0.2, -0.15) is 0 Å². The summed E-state index contributed by atoms with van der Waals surface area (Å²) in [5.41, 5.74) is 0.468. The first-order valence-electron chi connectivity index (χ1n) is 4.59. The molecular formula is C11H13FO2S. The average molecular weight is 228 g/mol. The van der Waals surface area contributed by atoms with Crippen LogP contribution < -0.4 is 0 Å². The highest BCUT2D eigenvalue weighted by molar-refractivity contribution is 7.98. The van der Waals surface area contributed by atoms with Crippen molar-refractivity contribution >= 4 is 17.7 Å². The maximum atomic E-state index is 13.5. The summed E-state index contributed by atoms with van der Waals surface area (Å²) in [6, 6.07) is 4.91. The summed E-state index contributed by atoms with van der Waals surface area (Å²) in [6.07, 6.45) is 1.82. The zero-order valence-corrected chi connectivity index (χ0v) is 9.47. The summed E-state index contributed by atoms with van der Waals surface area (Å²) < 4.78 is 13.5. The molecule has 1 rings (SSSR count). The van der Waals surface area contributed by atoms with Crippen molar-refractivity contribution in [3.63, 3.8) is 0 Å². The Hall–Kier alpha value is -1.03. The molecule has 15 heavy (non-hydrogen) atoms. The number of hydrogen-bond donors (Lipinski definition) is 1. The van der Waals surface area contributed by atoms with Crippen LogP contribution in [-0.2, 0) is 4.79 Å². The molecule has 0 heterocycles. The van der Waals surface area contributed by atoms with Gasteiger partial charge >= 0.3 is 5.97 Å². The summed E-state index contributed by atoms with van der Waals surface area (Å²) in [5, 5.41) is 8.61. The van der Waals surface area contributed by atoms with Crippen molar-refractivity contribution in [2.24, 2.45) is 0 Å². The second-order valence-electron chi connectivity index (χ2n) is 3.39. The first-order valence-corrected chi connectivity index (χ1v) is 5.82. The molecule has 0 aromatic heterocycles. The van der Waals surface area contributed by atoms with Gasteiger partial charge in [-0.1, -0.05) is 13.0 Å². The Balaban J connectivity index is 2.90. The highest BCUT2D eigenvalue weighted by atomic mass is 32.2. The molecule has 0 bridgehead atoms. The molecule has 0 aliphatic rings. The predicted molar refractivity (Wildman–Crippen MR) is 58.8 cm³/mol. The summed E-state index contributed by atoms with van der Waals surface area (Å²) in [7, 11) is 0. The SMILES string of the molecule is CSc1ccc(C(C)CC(=O)O)c(F)c1. The number of halogens is 1. The molecular weight excluding hydrogens is 215 g/mol. The number of benzene rings is 1. The van der Waals surface area contributed by atoms with E-state index < -0.39 is 5.97 Å². The first-order chi connectivity index (χ1) is 7.04. The predicted octanol–water partition coefficient (Wildman–Crippen LogP) is 3.13. The van der Waals surface area contributed by atoms with E-state index in [1.165, 1.54) is 17.8 Å². The molecule has 1 N–H and O–H groups in total. The molecule has 0 saturated carbocycles. The molecule has 0 spiro atoms. The van der Waals surface area contributed by atoms with Gasteiger partial charge < -0.3 is 5.11 Å².